The standard InChI is InChI=1S/C10H20N.C9H18NO.CH3O2P.2Y/c1-9(2)7-6-8-10(3,4)11(9)5;1-8(2)6-5-7-9(3,4)10(8)11;1-3-4-2;;/h6H,7-8H2,1-5H3;5,11H,6-7H2,1-4H3;1H3;;/q2*-1;;;. The molecule has 2 aliphatic rings. The number of likely N-dealkylation sites (tertiary alicyclic amines) is 1. The summed E-state index contributed by atoms with van der Waals surface area (Å²) in [5.74, 6) is 0. The largest absolute Gasteiger partial charge is 0.327 e. The number of rotatable bonds is 1. The van der Waals surface area contributed by atoms with Gasteiger partial charge in [-0.1, -0.05) is 0 Å². The van der Waals surface area contributed by atoms with E-state index < -0.39 is 0 Å². The first-order valence-electron chi connectivity index (χ1n) is 9.36. The van der Waals surface area contributed by atoms with E-state index in [0.29, 0.717) is 11.1 Å². The molecule has 0 spiro atoms. The van der Waals surface area contributed by atoms with Gasteiger partial charge >= 0.3 is 8.69 Å². The molecule has 8 heteroatoms. The first-order valence-corrected chi connectivity index (χ1v) is 10.1. The minimum atomic E-state index is -0.252. The van der Waals surface area contributed by atoms with Crippen LogP contribution in [0, 0.1) is 12.8 Å². The van der Waals surface area contributed by atoms with Gasteiger partial charge in [-0.05, 0) is 73.5 Å². The van der Waals surface area contributed by atoms with Gasteiger partial charge in [0.25, 0.3) is 0 Å². The maximum Gasteiger partial charge on any atom is 0.327 e. The summed E-state index contributed by atoms with van der Waals surface area (Å²) in [6, 6.07) is 0. The van der Waals surface area contributed by atoms with Crippen molar-refractivity contribution in [2.45, 2.75) is 103 Å². The maximum atomic E-state index is 9.78. The number of nitrogens with zero attached hydrogens (tertiary/aromatic N) is 2. The Balaban J connectivity index is -0.000000355. The Bertz CT molecular complexity index is 379. The van der Waals surface area contributed by atoms with Crippen LogP contribution >= 0.6 is 8.69 Å². The Hall–Kier alpha value is 2.15. The van der Waals surface area contributed by atoms with Gasteiger partial charge in [0.2, 0.25) is 0 Å². The van der Waals surface area contributed by atoms with Gasteiger partial charge < -0.3 is 22.9 Å². The average molecular weight is 566 g/mol. The summed E-state index contributed by atoms with van der Waals surface area (Å²) in [7, 11) is 3.33. The smallest absolute Gasteiger partial charge is 0.325 e. The van der Waals surface area contributed by atoms with Crippen molar-refractivity contribution in [3.8, 4) is 0 Å². The third-order valence-electron chi connectivity index (χ3n) is 5.61. The third kappa shape index (κ3) is 11.1. The van der Waals surface area contributed by atoms with Gasteiger partial charge in [0.1, 0.15) is 0 Å². The summed E-state index contributed by atoms with van der Waals surface area (Å²) in [5, 5.41) is 11.3. The van der Waals surface area contributed by atoms with Crippen molar-refractivity contribution in [1.82, 2.24) is 9.96 Å². The van der Waals surface area contributed by atoms with Crippen molar-refractivity contribution in [1.29, 1.82) is 0 Å². The molecule has 0 aromatic heterocycles. The van der Waals surface area contributed by atoms with E-state index in [0.717, 1.165) is 12.8 Å². The van der Waals surface area contributed by atoms with Gasteiger partial charge in [-0.25, -0.2) is 4.57 Å². The Morgan fingerprint density at radius 1 is 0.786 bits per heavy atom. The molecule has 0 bridgehead atoms. The third-order valence-corrected chi connectivity index (χ3v) is 5.76. The molecule has 0 unspecified atom stereocenters. The summed E-state index contributed by atoms with van der Waals surface area (Å²) in [4.78, 5) is 2.49. The Morgan fingerprint density at radius 3 is 1.21 bits per heavy atom. The van der Waals surface area contributed by atoms with Crippen LogP contribution in [-0.2, 0) is 74.5 Å². The van der Waals surface area contributed by atoms with Crippen molar-refractivity contribution in [3.05, 3.63) is 12.8 Å². The van der Waals surface area contributed by atoms with Crippen molar-refractivity contribution < 1.29 is 79.7 Å². The van der Waals surface area contributed by atoms with Gasteiger partial charge in [-0.15, -0.1) is 0 Å². The van der Waals surface area contributed by atoms with Gasteiger partial charge in [0.05, 0.1) is 0 Å². The van der Waals surface area contributed by atoms with Crippen molar-refractivity contribution in [2.75, 3.05) is 14.2 Å². The minimum absolute atomic E-state index is 0. The van der Waals surface area contributed by atoms with Crippen LogP contribution in [-0.4, -0.2) is 51.5 Å². The van der Waals surface area contributed by atoms with Crippen LogP contribution in [0.3, 0.4) is 0 Å². The molecule has 2 heterocycles. The van der Waals surface area contributed by atoms with E-state index in [1.807, 2.05) is 0 Å². The van der Waals surface area contributed by atoms with E-state index in [1.54, 1.807) is 0 Å². The molecule has 162 valence electrons. The fourth-order valence-electron chi connectivity index (χ4n) is 3.64. The van der Waals surface area contributed by atoms with Crippen LogP contribution in [0.5, 0.6) is 0 Å². The van der Waals surface area contributed by atoms with Crippen LogP contribution in [0.2, 0.25) is 0 Å². The van der Waals surface area contributed by atoms with Crippen LogP contribution < -0.4 is 0 Å². The van der Waals surface area contributed by atoms with Crippen LogP contribution in [0.15, 0.2) is 0 Å². The van der Waals surface area contributed by atoms with Crippen LogP contribution in [0.4, 0.5) is 0 Å². The average Bonchev–Trinajstić information content (AvgIpc) is 2.51. The normalized spacial score (nSPS) is 25.0. The molecule has 2 radical (unpaired) electrons. The van der Waals surface area contributed by atoms with Crippen molar-refractivity contribution in [2.24, 2.45) is 0 Å². The monoisotopic (exact) mass is 566 g/mol. The number of piperidine rings is 2. The van der Waals surface area contributed by atoms with Gasteiger partial charge in [0, 0.05) is 83.6 Å². The van der Waals surface area contributed by atoms with E-state index in [1.165, 1.54) is 25.0 Å². The van der Waals surface area contributed by atoms with E-state index in [-0.39, 0.29) is 85.2 Å². The maximum absolute atomic E-state index is 9.78. The number of hydrogen-bond donors (Lipinski definition) is 1. The summed E-state index contributed by atoms with van der Waals surface area (Å²) < 4.78 is 13.0. The zero-order valence-electron chi connectivity index (χ0n) is 19.7. The second-order valence-electron chi connectivity index (χ2n) is 9.77. The van der Waals surface area contributed by atoms with E-state index >= 15 is 0 Å². The Labute approximate surface area is 226 Å². The van der Waals surface area contributed by atoms with Crippen molar-refractivity contribution in [3.63, 3.8) is 0 Å². The first-order chi connectivity index (χ1) is 11.6. The predicted octanol–water partition coefficient (Wildman–Crippen LogP) is 5.54. The topological polar surface area (TPSA) is 53.0 Å². The second-order valence-corrected chi connectivity index (χ2v) is 10.3. The molecule has 2 saturated heterocycles. The molecule has 2 fully saturated rings. The SMILES string of the molecule is CC1(C)C[CH-]CC(C)(C)N1O.CN1C(C)(C)C[CH-]CC1(C)C.COP=O.[Y].[Y]. The fourth-order valence-corrected chi connectivity index (χ4v) is 3.64. The molecule has 0 aliphatic carbocycles. The molecule has 2 rings (SSSR count). The predicted molar refractivity (Wildman–Crippen MR) is 109 cm³/mol. The molecule has 2 aliphatic heterocycles. The molecule has 1 N–H and O–H groups in total. The van der Waals surface area contributed by atoms with Crippen LogP contribution in [0.25, 0.3) is 0 Å². The molecule has 0 aromatic carbocycles. The molecule has 0 aromatic rings. The summed E-state index contributed by atoms with van der Waals surface area (Å²) in [6.07, 6.45) is 9.03. The quantitative estimate of drug-likeness (QED) is 0.334. The van der Waals surface area contributed by atoms with E-state index in [9.17, 15) is 5.21 Å². The first kappa shape index (κ1) is 34.8. The Kier molecular flexibility index (Phi) is 17.8. The summed E-state index contributed by atoms with van der Waals surface area (Å²) >= 11 is 0. The van der Waals surface area contributed by atoms with Crippen LogP contribution in [0.1, 0.15) is 81.1 Å². The molecular formula is C20H41N2O3PY2-2. The molecule has 0 atom stereocenters. The minimum Gasteiger partial charge on any atom is -0.325 e. The number of hydrogen-bond acceptors (Lipinski definition) is 5. The van der Waals surface area contributed by atoms with Gasteiger partial charge in [0.15, 0.2) is 0 Å². The van der Waals surface area contributed by atoms with Gasteiger partial charge in [-0.2, -0.15) is 30.7 Å². The summed E-state index contributed by atoms with van der Waals surface area (Å²) in [5.41, 5.74) is 0.507. The molecule has 28 heavy (non-hydrogen) atoms. The molecular weight excluding hydrogens is 525 g/mol. The molecule has 5 nitrogen and oxygen atoms in total. The van der Waals surface area contributed by atoms with E-state index in [4.69, 9.17) is 4.57 Å². The zero-order valence-corrected chi connectivity index (χ0v) is 26.3. The van der Waals surface area contributed by atoms with Gasteiger partial charge in [-0.3, -0.25) is 4.52 Å². The Morgan fingerprint density at radius 2 is 1.04 bits per heavy atom. The van der Waals surface area contributed by atoms with Crippen molar-refractivity contribution >= 4 is 8.69 Å². The van der Waals surface area contributed by atoms with E-state index in [2.05, 4.69) is 84.7 Å². The fraction of sp³-hybridized carbons (Fsp3) is 0.900. The molecule has 0 saturated carbocycles. The zero-order chi connectivity index (χ0) is 20.8. The summed E-state index contributed by atoms with van der Waals surface area (Å²) in [6.45, 7) is 17.5. The number of hydroxylamine groups is 2. The molecule has 0 amide bonds. The second kappa shape index (κ2) is 14.3.